The zero-order chi connectivity index (χ0) is 24.8. The van der Waals surface area contributed by atoms with E-state index in [9.17, 15) is 18.0 Å². The topological polar surface area (TPSA) is 86.8 Å². The molecule has 0 unspecified atom stereocenters. The highest BCUT2D eigenvalue weighted by Gasteiger charge is 2.30. The molecule has 0 radical (unpaired) electrons. The molecule has 33 heavy (non-hydrogen) atoms. The SMILES string of the molecule is CC[C@@H](C)NC(=O)[C@H](C)N(Cc1ccc(Br)cc1)C(=O)CN(C)S(=O)(=O)c1ccc(Cl)cc1. The minimum atomic E-state index is -3.91. The molecule has 1 N–H and O–H groups in total. The largest absolute Gasteiger partial charge is 0.352 e. The summed E-state index contributed by atoms with van der Waals surface area (Å²) in [5.41, 5.74) is 0.818. The summed E-state index contributed by atoms with van der Waals surface area (Å²) in [6, 6.07) is 12.3. The molecule has 0 aliphatic rings. The van der Waals surface area contributed by atoms with Crippen LogP contribution in [0.25, 0.3) is 0 Å². The van der Waals surface area contributed by atoms with Gasteiger partial charge in [-0.3, -0.25) is 9.59 Å². The van der Waals surface area contributed by atoms with Crippen molar-refractivity contribution in [2.45, 2.75) is 50.7 Å². The lowest BCUT2D eigenvalue weighted by molar-refractivity contribution is -0.140. The maximum Gasteiger partial charge on any atom is 0.243 e. The van der Waals surface area contributed by atoms with E-state index < -0.39 is 28.5 Å². The highest BCUT2D eigenvalue weighted by Crippen LogP contribution is 2.19. The summed E-state index contributed by atoms with van der Waals surface area (Å²) in [5.74, 6) is -0.775. The third-order valence-electron chi connectivity index (χ3n) is 5.31. The van der Waals surface area contributed by atoms with Gasteiger partial charge in [0.1, 0.15) is 6.04 Å². The Kier molecular flexibility index (Phi) is 9.90. The summed E-state index contributed by atoms with van der Waals surface area (Å²) in [7, 11) is -2.57. The third kappa shape index (κ3) is 7.53. The Morgan fingerprint density at radius 2 is 1.64 bits per heavy atom. The predicted molar refractivity (Wildman–Crippen MR) is 133 cm³/mol. The Balaban J connectivity index is 2.26. The Labute approximate surface area is 209 Å². The Bertz CT molecular complexity index is 1060. The molecule has 2 amide bonds. The minimum absolute atomic E-state index is 0.0317. The van der Waals surface area contributed by atoms with Gasteiger partial charge in [-0.25, -0.2) is 8.42 Å². The molecule has 7 nitrogen and oxygen atoms in total. The van der Waals surface area contributed by atoms with E-state index in [2.05, 4.69) is 21.2 Å². The minimum Gasteiger partial charge on any atom is -0.352 e. The molecule has 0 saturated carbocycles. The fourth-order valence-electron chi connectivity index (χ4n) is 2.99. The highest BCUT2D eigenvalue weighted by molar-refractivity contribution is 9.10. The summed E-state index contributed by atoms with van der Waals surface area (Å²) >= 11 is 9.24. The van der Waals surface area contributed by atoms with E-state index in [1.54, 1.807) is 6.92 Å². The molecule has 180 valence electrons. The molecular weight excluding hydrogens is 530 g/mol. The van der Waals surface area contributed by atoms with Crippen LogP contribution >= 0.6 is 27.5 Å². The van der Waals surface area contributed by atoms with Crippen LogP contribution in [0.1, 0.15) is 32.8 Å². The molecule has 10 heteroatoms. The second-order valence-electron chi connectivity index (χ2n) is 7.86. The maximum absolute atomic E-state index is 13.3. The van der Waals surface area contributed by atoms with E-state index in [-0.39, 0.29) is 23.4 Å². The van der Waals surface area contributed by atoms with E-state index in [0.29, 0.717) is 5.02 Å². The molecule has 0 aliphatic heterocycles. The van der Waals surface area contributed by atoms with Crippen molar-refractivity contribution >= 4 is 49.4 Å². The smallest absolute Gasteiger partial charge is 0.243 e. The van der Waals surface area contributed by atoms with Crippen molar-refractivity contribution < 1.29 is 18.0 Å². The first-order chi connectivity index (χ1) is 15.4. The van der Waals surface area contributed by atoms with Gasteiger partial charge in [-0.05, 0) is 62.2 Å². The average molecular weight is 559 g/mol. The van der Waals surface area contributed by atoms with Gasteiger partial charge in [-0.15, -0.1) is 0 Å². The lowest BCUT2D eigenvalue weighted by Crippen LogP contribution is -2.51. The van der Waals surface area contributed by atoms with Gasteiger partial charge in [0, 0.05) is 29.1 Å². The number of halogens is 2. The number of amides is 2. The van der Waals surface area contributed by atoms with E-state index in [0.717, 1.165) is 20.8 Å². The lowest BCUT2D eigenvalue weighted by Gasteiger charge is -2.31. The molecule has 0 spiro atoms. The summed E-state index contributed by atoms with van der Waals surface area (Å²) in [6.45, 7) is 5.23. The fourth-order valence-corrected chi connectivity index (χ4v) is 4.50. The van der Waals surface area contributed by atoms with Crippen LogP contribution < -0.4 is 5.32 Å². The Hall–Kier alpha value is -1.94. The van der Waals surface area contributed by atoms with Gasteiger partial charge in [0.15, 0.2) is 0 Å². The van der Waals surface area contributed by atoms with E-state index >= 15 is 0 Å². The molecule has 2 aromatic rings. The van der Waals surface area contributed by atoms with Crippen LogP contribution in [0.15, 0.2) is 57.9 Å². The molecule has 0 heterocycles. The van der Waals surface area contributed by atoms with Gasteiger partial charge in [-0.2, -0.15) is 4.31 Å². The number of rotatable bonds is 10. The van der Waals surface area contributed by atoms with Crippen molar-refractivity contribution in [1.82, 2.24) is 14.5 Å². The Morgan fingerprint density at radius 3 is 2.18 bits per heavy atom. The number of carbonyl (C=O) groups is 2. The standard InChI is InChI=1S/C23H29BrClN3O4S/c1-5-16(2)26-23(30)17(3)28(14-18-6-8-19(24)9-7-18)22(29)15-27(4)33(31,32)21-12-10-20(25)11-13-21/h6-13,16-17H,5,14-15H2,1-4H3,(H,26,30)/t16-,17+/m1/s1. The number of hydrogen-bond donors (Lipinski definition) is 1. The fraction of sp³-hybridized carbons (Fsp3) is 0.391. The van der Waals surface area contributed by atoms with Crippen molar-refractivity contribution in [3.8, 4) is 0 Å². The van der Waals surface area contributed by atoms with Gasteiger partial charge in [0.05, 0.1) is 11.4 Å². The van der Waals surface area contributed by atoms with Gasteiger partial charge in [0.2, 0.25) is 21.8 Å². The van der Waals surface area contributed by atoms with Crippen LogP contribution in [-0.2, 0) is 26.2 Å². The molecule has 2 aromatic carbocycles. The van der Waals surface area contributed by atoms with Crippen molar-refractivity contribution in [3.63, 3.8) is 0 Å². The first-order valence-electron chi connectivity index (χ1n) is 10.5. The third-order valence-corrected chi connectivity index (χ3v) is 7.91. The molecule has 0 aromatic heterocycles. The summed E-state index contributed by atoms with van der Waals surface area (Å²) in [6.07, 6.45) is 0.751. The number of hydrogen-bond acceptors (Lipinski definition) is 4. The molecule has 2 atom stereocenters. The molecule has 0 saturated heterocycles. The Morgan fingerprint density at radius 1 is 1.06 bits per heavy atom. The van der Waals surface area contributed by atoms with E-state index in [1.807, 2.05) is 38.1 Å². The highest BCUT2D eigenvalue weighted by atomic mass is 79.9. The van der Waals surface area contributed by atoms with Crippen LogP contribution in [0.5, 0.6) is 0 Å². The first kappa shape index (κ1) is 27.3. The van der Waals surface area contributed by atoms with Crippen LogP contribution in [0.4, 0.5) is 0 Å². The van der Waals surface area contributed by atoms with Gasteiger partial charge >= 0.3 is 0 Å². The second kappa shape index (κ2) is 12.0. The molecular formula is C23H29BrClN3O4S. The monoisotopic (exact) mass is 557 g/mol. The summed E-state index contributed by atoms with van der Waals surface area (Å²) < 4.78 is 27.7. The molecule has 0 bridgehead atoms. The molecule has 2 rings (SSSR count). The second-order valence-corrected chi connectivity index (χ2v) is 11.3. The van der Waals surface area contributed by atoms with Crippen molar-refractivity contribution in [2.75, 3.05) is 13.6 Å². The summed E-state index contributed by atoms with van der Waals surface area (Å²) in [4.78, 5) is 27.5. The van der Waals surface area contributed by atoms with Crippen molar-refractivity contribution in [2.24, 2.45) is 0 Å². The first-order valence-corrected chi connectivity index (χ1v) is 13.1. The zero-order valence-electron chi connectivity index (χ0n) is 19.1. The molecule has 0 fully saturated rings. The van der Waals surface area contributed by atoms with Crippen LogP contribution in [-0.4, -0.2) is 55.1 Å². The average Bonchev–Trinajstić information content (AvgIpc) is 2.78. The molecule has 0 aliphatic carbocycles. The maximum atomic E-state index is 13.3. The number of benzene rings is 2. The van der Waals surface area contributed by atoms with Crippen LogP contribution in [0.2, 0.25) is 5.02 Å². The zero-order valence-corrected chi connectivity index (χ0v) is 22.2. The number of sulfonamides is 1. The van der Waals surface area contributed by atoms with Gasteiger partial charge < -0.3 is 10.2 Å². The summed E-state index contributed by atoms with van der Waals surface area (Å²) in [5, 5.41) is 3.30. The number of carbonyl (C=O) groups excluding carboxylic acids is 2. The lowest BCUT2D eigenvalue weighted by atomic mass is 10.1. The number of nitrogens with zero attached hydrogens (tertiary/aromatic N) is 2. The van der Waals surface area contributed by atoms with Gasteiger partial charge in [-0.1, -0.05) is 46.6 Å². The number of likely N-dealkylation sites (N-methyl/N-ethyl adjacent to an activating group) is 1. The normalized spacial score (nSPS) is 13.4. The van der Waals surface area contributed by atoms with Crippen LogP contribution in [0, 0.1) is 0 Å². The van der Waals surface area contributed by atoms with E-state index in [1.165, 1.54) is 36.2 Å². The number of nitrogens with one attached hydrogen (secondary N) is 1. The predicted octanol–water partition coefficient (Wildman–Crippen LogP) is 4.06. The van der Waals surface area contributed by atoms with Gasteiger partial charge in [0.25, 0.3) is 0 Å². The van der Waals surface area contributed by atoms with Crippen molar-refractivity contribution in [3.05, 3.63) is 63.6 Å². The van der Waals surface area contributed by atoms with E-state index in [4.69, 9.17) is 11.6 Å². The van der Waals surface area contributed by atoms with Crippen molar-refractivity contribution in [1.29, 1.82) is 0 Å². The van der Waals surface area contributed by atoms with Crippen LogP contribution in [0.3, 0.4) is 0 Å². The quantitative estimate of drug-likeness (QED) is 0.477.